The molecule has 1 aromatic heterocycles. The molecule has 3 aromatic rings. The summed E-state index contributed by atoms with van der Waals surface area (Å²) in [4.78, 5) is 17.4. The Kier molecular flexibility index (Phi) is 6.01. The number of amides is 1. The Morgan fingerprint density at radius 1 is 1.21 bits per heavy atom. The van der Waals surface area contributed by atoms with Crippen molar-refractivity contribution in [2.24, 2.45) is 0 Å². The number of benzene rings is 2. The standard InChI is InChI=1S/C18H16BrN3O4S2/c1-11-10-20-18(27-11)21-17(23)12-4-3-5-14(8-12)28(24,25)22-13-6-7-16(26-2)15(19)9-13/h3-10,22H,1-2H3,(H,20,21,23). The maximum atomic E-state index is 12.7. The summed E-state index contributed by atoms with van der Waals surface area (Å²) in [7, 11) is -2.36. The molecular weight excluding hydrogens is 466 g/mol. The average molecular weight is 482 g/mol. The summed E-state index contributed by atoms with van der Waals surface area (Å²) in [6.45, 7) is 1.88. The number of nitrogens with zero attached hydrogens (tertiary/aromatic N) is 1. The highest BCUT2D eigenvalue weighted by atomic mass is 79.9. The first-order valence-corrected chi connectivity index (χ1v) is 11.1. The van der Waals surface area contributed by atoms with Crippen molar-refractivity contribution in [1.82, 2.24) is 4.98 Å². The van der Waals surface area contributed by atoms with Gasteiger partial charge in [0.1, 0.15) is 5.75 Å². The number of hydrogen-bond donors (Lipinski definition) is 2. The summed E-state index contributed by atoms with van der Waals surface area (Å²) in [6, 6.07) is 10.6. The van der Waals surface area contributed by atoms with Crippen molar-refractivity contribution in [2.75, 3.05) is 17.1 Å². The molecule has 1 amide bonds. The van der Waals surface area contributed by atoms with E-state index in [-0.39, 0.29) is 10.5 Å². The van der Waals surface area contributed by atoms with Crippen LogP contribution in [0.15, 0.2) is 58.0 Å². The van der Waals surface area contributed by atoms with Crippen LogP contribution in [-0.2, 0) is 10.0 Å². The van der Waals surface area contributed by atoms with E-state index < -0.39 is 15.9 Å². The normalized spacial score (nSPS) is 11.1. The summed E-state index contributed by atoms with van der Waals surface area (Å²) in [5, 5.41) is 3.12. The Labute approximate surface area is 175 Å². The van der Waals surface area contributed by atoms with Crippen molar-refractivity contribution in [3.05, 3.63) is 63.6 Å². The number of anilines is 2. The first-order chi connectivity index (χ1) is 13.3. The lowest BCUT2D eigenvalue weighted by atomic mass is 10.2. The third kappa shape index (κ3) is 4.70. The van der Waals surface area contributed by atoms with Crippen molar-refractivity contribution < 1.29 is 17.9 Å². The van der Waals surface area contributed by atoms with Crippen LogP contribution in [-0.4, -0.2) is 26.4 Å². The molecule has 0 unspecified atom stereocenters. The predicted molar refractivity (Wildman–Crippen MR) is 113 cm³/mol. The third-order valence-corrected chi connectivity index (χ3v) is 6.48. The number of aromatic nitrogens is 1. The second-order valence-electron chi connectivity index (χ2n) is 5.71. The topological polar surface area (TPSA) is 97.4 Å². The van der Waals surface area contributed by atoms with Gasteiger partial charge < -0.3 is 4.74 Å². The molecule has 7 nitrogen and oxygen atoms in total. The van der Waals surface area contributed by atoms with Gasteiger partial charge in [-0.1, -0.05) is 6.07 Å². The number of methoxy groups -OCH3 is 1. The molecule has 2 aromatic carbocycles. The van der Waals surface area contributed by atoms with Gasteiger partial charge in [-0.2, -0.15) is 0 Å². The number of nitrogens with one attached hydrogen (secondary N) is 2. The molecule has 28 heavy (non-hydrogen) atoms. The summed E-state index contributed by atoms with van der Waals surface area (Å²) < 4.78 is 33.6. The highest BCUT2D eigenvalue weighted by molar-refractivity contribution is 9.10. The molecule has 146 valence electrons. The van der Waals surface area contributed by atoms with E-state index in [2.05, 4.69) is 31.0 Å². The number of aryl methyl sites for hydroxylation is 1. The number of thiazole rings is 1. The molecule has 0 radical (unpaired) electrons. The lowest BCUT2D eigenvalue weighted by molar-refractivity contribution is 0.102. The first kappa shape index (κ1) is 20.3. The van der Waals surface area contributed by atoms with Crippen LogP contribution in [0.25, 0.3) is 0 Å². The van der Waals surface area contributed by atoms with Gasteiger partial charge in [0.15, 0.2) is 5.13 Å². The second kappa shape index (κ2) is 8.29. The van der Waals surface area contributed by atoms with Gasteiger partial charge >= 0.3 is 0 Å². The predicted octanol–water partition coefficient (Wildman–Crippen LogP) is 4.28. The van der Waals surface area contributed by atoms with E-state index in [4.69, 9.17) is 4.74 Å². The van der Waals surface area contributed by atoms with Crippen LogP contribution in [0.1, 0.15) is 15.2 Å². The molecule has 0 saturated carbocycles. The Morgan fingerprint density at radius 2 is 2.00 bits per heavy atom. The molecule has 0 aliphatic carbocycles. The van der Waals surface area contributed by atoms with Gasteiger partial charge in [0, 0.05) is 16.6 Å². The lowest BCUT2D eigenvalue weighted by Crippen LogP contribution is -2.16. The molecule has 10 heteroatoms. The van der Waals surface area contributed by atoms with Crippen molar-refractivity contribution in [3.8, 4) is 5.75 Å². The van der Waals surface area contributed by atoms with Crippen molar-refractivity contribution in [1.29, 1.82) is 0 Å². The second-order valence-corrected chi connectivity index (χ2v) is 9.48. The maximum absolute atomic E-state index is 12.7. The molecule has 1 heterocycles. The number of ether oxygens (including phenoxy) is 1. The lowest BCUT2D eigenvalue weighted by Gasteiger charge is -2.11. The highest BCUT2D eigenvalue weighted by Gasteiger charge is 2.18. The molecule has 0 spiro atoms. The van der Waals surface area contributed by atoms with E-state index in [0.29, 0.717) is 21.0 Å². The molecule has 0 atom stereocenters. The molecule has 0 saturated heterocycles. The minimum absolute atomic E-state index is 0.0255. The Morgan fingerprint density at radius 3 is 2.64 bits per heavy atom. The zero-order valence-corrected chi connectivity index (χ0v) is 18.1. The number of rotatable bonds is 6. The molecule has 0 fully saturated rings. The Hall–Kier alpha value is -2.43. The van der Waals surface area contributed by atoms with Gasteiger partial charge in [-0.3, -0.25) is 14.8 Å². The van der Waals surface area contributed by atoms with E-state index in [1.165, 1.54) is 36.6 Å². The molecule has 0 bridgehead atoms. The fourth-order valence-corrected chi connectivity index (χ4v) is 4.63. The average Bonchev–Trinajstić information content (AvgIpc) is 3.06. The van der Waals surface area contributed by atoms with Gasteiger partial charge in [0.05, 0.1) is 22.2 Å². The number of halogens is 1. The Bertz CT molecular complexity index is 1130. The molecule has 0 aliphatic heterocycles. The van der Waals surface area contributed by atoms with Gasteiger partial charge in [0.2, 0.25) is 0 Å². The monoisotopic (exact) mass is 481 g/mol. The zero-order chi connectivity index (χ0) is 20.3. The molecular formula is C18H16BrN3O4S2. The maximum Gasteiger partial charge on any atom is 0.261 e. The van der Waals surface area contributed by atoms with Crippen LogP contribution in [0, 0.1) is 6.92 Å². The SMILES string of the molecule is COc1ccc(NS(=O)(=O)c2cccc(C(=O)Nc3ncc(C)s3)c2)cc1Br. The van der Waals surface area contributed by atoms with Crippen LogP contribution < -0.4 is 14.8 Å². The summed E-state index contributed by atoms with van der Waals surface area (Å²) in [5.74, 6) is 0.151. The molecule has 3 rings (SSSR count). The van der Waals surface area contributed by atoms with E-state index in [9.17, 15) is 13.2 Å². The fraction of sp³-hybridized carbons (Fsp3) is 0.111. The van der Waals surface area contributed by atoms with Crippen molar-refractivity contribution in [2.45, 2.75) is 11.8 Å². The van der Waals surface area contributed by atoms with E-state index in [0.717, 1.165) is 4.88 Å². The third-order valence-electron chi connectivity index (χ3n) is 3.65. The number of hydrogen-bond acceptors (Lipinski definition) is 6. The fourth-order valence-electron chi connectivity index (χ4n) is 2.33. The molecule has 2 N–H and O–H groups in total. The quantitative estimate of drug-likeness (QED) is 0.547. The summed E-state index contributed by atoms with van der Waals surface area (Å²) >= 11 is 4.66. The van der Waals surface area contributed by atoms with E-state index in [1.807, 2.05) is 6.92 Å². The van der Waals surface area contributed by atoms with Gasteiger partial charge in [-0.05, 0) is 59.3 Å². The zero-order valence-electron chi connectivity index (χ0n) is 14.9. The minimum Gasteiger partial charge on any atom is -0.496 e. The molecule has 0 aliphatic rings. The number of carbonyl (C=O) groups excluding carboxylic acids is 1. The van der Waals surface area contributed by atoms with Crippen LogP contribution >= 0.6 is 27.3 Å². The van der Waals surface area contributed by atoms with E-state index >= 15 is 0 Å². The largest absolute Gasteiger partial charge is 0.496 e. The van der Waals surface area contributed by atoms with Crippen LogP contribution in [0.5, 0.6) is 5.75 Å². The summed E-state index contributed by atoms with van der Waals surface area (Å²) in [5.41, 5.74) is 0.576. The number of carbonyl (C=O) groups is 1. The van der Waals surface area contributed by atoms with Gasteiger partial charge in [0.25, 0.3) is 15.9 Å². The van der Waals surface area contributed by atoms with Crippen molar-refractivity contribution >= 4 is 54.0 Å². The summed E-state index contributed by atoms with van der Waals surface area (Å²) in [6.07, 6.45) is 1.65. The Balaban J connectivity index is 1.81. The van der Waals surface area contributed by atoms with Crippen molar-refractivity contribution in [3.63, 3.8) is 0 Å². The number of sulfonamides is 1. The minimum atomic E-state index is -3.88. The van der Waals surface area contributed by atoms with Crippen LogP contribution in [0.4, 0.5) is 10.8 Å². The van der Waals surface area contributed by atoms with Gasteiger partial charge in [-0.15, -0.1) is 11.3 Å². The highest BCUT2D eigenvalue weighted by Crippen LogP contribution is 2.29. The van der Waals surface area contributed by atoms with E-state index in [1.54, 1.807) is 30.5 Å². The first-order valence-electron chi connectivity index (χ1n) is 7.99. The van der Waals surface area contributed by atoms with Crippen LogP contribution in [0.3, 0.4) is 0 Å². The van der Waals surface area contributed by atoms with Crippen LogP contribution in [0.2, 0.25) is 0 Å². The smallest absolute Gasteiger partial charge is 0.261 e. The van der Waals surface area contributed by atoms with Gasteiger partial charge in [-0.25, -0.2) is 13.4 Å².